The van der Waals surface area contributed by atoms with Crippen LogP contribution < -0.4 is 10.2 Å². The second-order valence-corrected chi connectivity index (χ2v) is 7.77. The molecule has 8 heteroatoms. The molecule has 0 bridgehead atoms. The van der Waals surface area contributed by atoms with E-state index in [2.05, 4.69) is 44.6 Å². The predicted molar refractivity (Wildman–Crippen MR) is 111 cm³/mol. The lowest BCUT2D eigenvalue weighted by atomic mass is 10.1. The van der Waals surface area contributed by atoms with Gasteiger partial charge in [-0.15, -0.1) is 10.2 Å². The van der Waals surface area contributed by atoms with Crippen molar-refractivity contribution in [3.63, 3.8) is 0 Å². The van der Waals surface area contributed by atoms with Crippen molar-refractivity contribution in [1.82, 2.24) is 24.7 Å². The highest BCUT2D eigenvalue weighted by Gasteiger charge is 2.29. The maximum Gasteiger partial charge on any atom is 0.321 e. The fourth-order valence-corrected chi connectivity index (χ4v) is 3.76. The third-order valence-electron chi connectivity index (χ3n) is 5.76. The summed E-state index contributed by atoms with van der Waals surface area (Å²) in [6.45, 7) is 5.00. The zero-order valence-corrected chi connectivity index (χ0v) is 16.6. The Kier molecular flexibility index (Phi) is 4.54. The molecule has 1 aliphatic carbocycles. The first kappa shape index (κ1) is 17.9. The zero-order valence-electron chi connectivity index (χ0n) is 16.6. The lowest BCUT2D eigenvalue weighted by Crippen LogP contribution is -2.50. The Balaban J connectivity index is 1.20. The van der Waals surface area contributed by atoms with Crippen LogP contribution in [0.4, 0.5) is 16.2 Å². The van der Waals surface area contributed by atoms with Crippen molar-refractivity contribution in [1.29, 1.82) is 0 Å². The van der Waals surface area contributed by atoms with Crippen molar-refractivity contribution in [3.8, 4) is 0 Å². The first-order valence-corrected chi connectivity index (χ1v) is 10.3. The molecule has 2 fully saturated rings. The smallest absolute Gasteiger partial charge is 0.321 e. The number of carbonyl (C=O) groups is 1. The van der Waals surface area contributed by atoms with Gasteiger partial charge in [-0.2, -0.15) is 9.61 Å². The molecule has 2 aliphatic rings. The molecule has 0 spiro atoms. The number of rotatable bonds is 4. The zero-order chi connectivity index (χ0) is 19.8. The average Bonchev–Trinajstić information content (AvgIpc) is 3.53. The van der Waals surface area contributed by atoms with Gasteiger partial charge in [-0.3, -0.25) is 0 Å². The van der Waals surface area contributed by atoms with Gasteiger partial charge in [-0.05, 0) is 37.0 Å². The summed E-state index contributed by atoms with van der Waals surface area (Å²) in [4.78, 5) is 16.7. The molecule has 8 nitrogen and oxygen atoms in total. The Hall–Kier alpha value is -3.16. The van der Waals surface area contributed by atoms with E-state index in [4.69, 9.17) is 0 Å². The minimum absolute atomic E-state index is 0.0472. The quantitative estimate of drug-likeness (QED) is 0.740. The highest BCUT2D eigenvalue weighted by molar-refractivity contribution is 5.89. The fraction of sp³-hybridized carbons (Fsp3) is 0.429. The molecule has 1 aromatic carbocycles. The van der Waals surface area contributed by atoms with Gasteiger partial charge >= 0.3 is 6.03 Å². The van der Waals surface area contributed by atoms with E-state index in [9.17, 15) is 4.79 Å². The molecule has 1 aliphatic heterocycles. The Morgan fingerprint density at radius 3 is 2.55 bits per heavy atom. The van der Waals surface area contributed by atoms with Gasteiger partial charge in [-0.25, -0.2) is 4.79 Å². The second kappa shape index (κ2) is 7.35. The highest BCUT2D eigenvalue weighted by atomic mass is 16.2. The third kappa shape index (κ3) is 3.62. The molecule has 0 radical (unpaired) electrons. The average molecular weight is 391 g/mol. The van der Waals surface area contributed by atoms with Crippen molar-refractivity contribution in [2.75, 3.05) is 36.4 Å². The van der Waals surface area contributed by atoms with Crippen molar-refractivity contribution in [2.45, 2.75) is 32.1 Å². The van der Waals surface area contributed by atoms with Crippen LogP contribution in [0.25, 0.3) is 5.65 Å². The van der Waals surface area contributed by atoms with E-state index in [1.807, 2.05) is 33.8 Å². The molecule has 5 rings (SSSR count). The largest absolute Gasteiger partial charge is 0.367 e. The summed E-state index contributed by atoms with van der Waals surface area (Å²) in [7, 11) is 0. The van der Waals surface area contributed by atoms with E-state index in [0.717, 1.165) is 42.4 Å². The molecule has 3 heterocycles. The van der Waals surface area contributed by atoms with Crippen molar-refractivity contribution < 1.29 is 4.79 Å². The van der Waals surface area contributed by atoms with Crippen LogP contribution >= 0.6 is 0 Å². The number of aromatic nitrogens is 4. The van der Waals surface area contributed by atoms with Crippen LogP contribution in [0.3, 0.4) is 0 Å². The van der Waals surface area contributed by atoms with Crippen LogP contribution in [0.5, 0.6) is 0 Å². The fourth-order valence-electron chi connectivity index (χ4n) is 3.76. The number of fused-ring (bicyclic) bond motifs is 1. The van der Waals surface area contributed by atoms with Crippen LogP contribution in [-0.2, 0) is 6.42 Å². The van der Waals surface area contributed by atoms with E-state index in [1.54, 1.807) is 0 Å². The number of amides is 2. The first-order valence-electron chi connectivity index (χ1n) is 10.3. The van der Waals surface area contributed by atoms with Gasteiger partial charge in [0.15, 0.2) is 11.5 Å². The number of nitrogens with zero attached hydrogens (tertiary/aromatic N) is 6. The van der Waals surface area contributed by atoms with Gasteiger partial charge in [0.2, 0.25) is 0 Å². The number of urea groups is 1. The molecule has 150 valence electrons. The maximum absolute atomic E-state index is 12.6. The predicted octanol–water partition coefficient (Wildman–Crippen LogP) is 2.92. The summed E-state index contributed by atoms with van der Waals surface area (Å²) in [6, 6.07) is 10.0. The van der Waals surface area contributed by atoms with Crippen molar-refractivity contribution in [3.05, 3.63) is 47.9 Å². The van der Waals surface area contributed by atoms with E-state index in [-0.39, 0.29) is 6.03 Å². The van der Waals surface area contributed by atoms with E-state index in [1.165, 1.54) is 18.4 Å². The standard InChI is InChI=1S/C21H25N7O/c1-2-15-3-7-17(8-4-15)23-21(29)27-11-9-26(10-12-27)18-13-19-24-25-20(16-5-6-16)28(19)22-14-18/h3-4,7-8,13-14,16H,2,5-6,9-12H2,1H3,(H,23,29). The Morgan fingerprint density at radius 1 is 1.10 bits per heavy atom. The number of piperazine rings is 1. The Morgan fingerprint density at radius 2 is 1.86 bits per heavy atom. The number of benzene rings is 1. The summed E-state index contributed by atoms with van der Waals surface area (Å²) in [5.41, 5.74) is 3.92. The molecular weight excluding hydrogens is 366 g/mol. The van der Waals surface area contributed by atoms with Crippen LogP contribution in [0, 0.1) is 0 Å². The minimum atomic E-state index is -0.0472. The lowest BCUT2D eigenvalue weighted by molar-refractivity contribution is 0.208. The van der Waals surface area contributed by atoms with E-state index >= 15 is 0 Å². The van der Waals surface area contributed by atoms with Gasteiger partial charge in [0.25, 0.3) is 0 Å². The van der Waals surface area contributed by atoms with Crippen LogP contribution in [0.15, 0.2) is 36.5 Å². The number of nitrogens with one attached hydrogen (secondary N) is 1. The van der Waals surface area contributed by atoms with Gasteiger partial charge in [0, 0.05) is 43.9 Å². The van der Waals surface area contributed by atoms with Gasteiger partial charge in [0.1, 0.15) is 0 Å². The Labute approximate surface area is 169 Å². The highest BCUT2D eigenvalue weighted by Crippen LogP contribution is 2.38. The van der Waals surface area contributed by atoms with Gasteiger partial charge in [-0.1, -0.05) is 19.1 Å². The summed E-state index contributed by atoms with van der Waals surface area (Å²) in [6.07, 6.45) is 5.23. The molecule has 2 amide bonds. The molecule has 29 heavy (non-hydrogen) atoms. The Bertz CT molecular complexity index is 1020. The molecule has 1 saturated carbocycles. The molecular formula is C21H25N7O. The molecule has 0 atom stereocenters. The normalized spacial score (nSPS) is 17.0. The molecule has 2 aromatic heterocycles. The molecule has 1 N–H and O–H groups in total. The topological polar surface area (TPSA) is 78.7 Å². The number of hydrogen-bond acceptors (Lipinski definition) is 5. The van der Waals surface area contributed by atoms with E-state index in [0.29, 0.717) is 19.0 Å². The van der Waals surface area contributed by atoms with Gasteiger partial charge in [0.05, 0.1) is 11.9 Å². The minimum Gasteiger partial charge on any atom is -0.367 e. The SMILES string of the molecule is CCc1ccc(NC(=O)N2CCN(c3cnn4c(C5CC5)nnc4c3)CC2)cc1. The third-order valence-corrected chi connectivity index (χ3v) is 5.76. The van der Waals surface area contributed by atoms with Crippen LogP contribution in [0.2, 0.25) is 0 Å². The lowest BCUT2D eigenvalue weighted by Gasteiger charge is -2.35. The number of aryl methyl sites for hydroxylation is 1. The monoisotopic (exact) mass is 391 g/mol. The first-order chi connectivity index (χ1) is 14.2. The summed E-state index contributed by atoms with van der Waals surface area (Å²) < 4.78 is 1.86. The van der Waals surface area contributed by atoms with Crippen molar-refractivity contribution in [2.24, 2.45) is 0 Å². The number of carbonyl (C=O) groups excluding carboxylic acids is 1. The summed E-state index contributed by atoms with van der Waals surface area (Å²) in [5, 5.41) is 16.1. The van der Waals surface area contributed by atoms with Gasteiger partial charge < -0.3 is 15.1 Å². The maximum atomic E-state index is 12.6. The van der Waals surface area contributed by atoms with E-state index < -0.39 is 0 Å². The molecule has 3 aromatic rings. The molecule has 1 saturated heterocycles. The molecule has 0 unspecified atom stereocenters. The number of anilines is 2. The van der Waals surface area contributed by atoms with Crippen LogP contribution in [-0.4, -0.2) is 56.9 Å². The second-order valence-electron chi connectivity index (χ2n) is 7.77. The van der Waals surface area contributed by atoms with Crippen molar-refractivity contribution >= 4 is 23.1 Å². The van der Waals surface area contributed by atoms with Crippen LogP contribution in [0.1, 0.15) is 37.1 Å². The summed E-state index contributed by atoms with van der Waals surface area (Å²) in [5.74, 6) is 1.49. The summed E-state index contributed by atoms with van der Waals surface area (Å²) >= 11 is 0. The number of hydrogen-bond donors (Lipinski definition) is 1.